The summed E-state index contributed by atoms with van der Waals surface area (Å²) in [6.07, 6.45) is 0.324. The van der Waals surface area contributed by atoms with Crippen LogP contribution in [-0.4, -0.2) is 19.0 Å². The van der Waals surface area contributed by atoms with Crippen molar-refractivity contribution in [1.82, 2.24) is 0 Å². The van der Waals surface area contributed by atoms with Gasteiger partial charge in [0.05, 0.1) is 19.1 Å². The van der Waals surface area contributed by atoms with E-state index in [1.165, 1.54) is 12.7 Å². The van der Waals surface area contributed by atoms with E-state index in [2.05, 4.69) is 16.1 Å². The molecule has 0 unspecified atom stereocenters. The Morgan fingerprint density at radius 2 is 1.73 bits per heavy atom. The fourth-order valence-corrected chi connectivity index (χ4v) is 2.23. The van der Waals surface area contributed by atoms with E-state index in [-0.39, 0.29) is 5.91 Å². The molecule has 0 fully saturated rings. The van der Waals surface area contributed by atoms with Gasteiger partial charge < -0.3 is 10.1 Å². The lowest BCUT2D eigenvalue weighted by Gasteiger charge is -2.08. The number of nitrogens with one attached hydrogen (secondary N) is 1. The van der Waals surface area contributed by atoms with Crippen molar-refractivity contribution in [1.29, 1.82) is 0 Å². The molecule has 2 rings (SSSR count). The molecular formula is C18H19NO3. The van der Waals surface area contributed by atoms with E-state index in [4.69, 9.17) is 0 Å². The molecule has 0 saturated carbocycles. The molecule has 0 spiro atoms. The first kappa shape index (κ1) is 15.8. The summed E-state index contributed by atoms with van der Waals surface area (Å²) in [6, 6.07) is 12.7. The van der Waals surface area contributed by atoms with Gasteiger partial charge in [-0.3, -0.25) is 4.79 Å². The number of anilines is 1. The van der Waals surface area contributed by atoms with Crippen molar-refractivity contribution in [3.8, 4) is 0 Å². The zero-order valence-corrected chi connectivity index (χ0v) is 13.0. The van der Waals surface area contributed by atoms with E-state index in [1.54, 1.807) is 24.3 Å². The van der Waals surface area contributed by atoms with Crippen molar-refractivity contribution in [3.05, 3.63) is 64.7 Å². The molecule has 0 heterocycles. The maximum atomic E-state index is 12.1. The van der Waals surface area contributed by atoms with Gasteiger partial charge in [-0.1, -0.05) is 23.8 Å². The second-order valence-electron chi connectivity index (χ2n) is 5.22. The summed E-state index contributed by atoms with van der Waals surface area (Å²) >= 11 is 0. The Bertz CT molecular complexity index is 690. The van der Waals surface area contributed by atoms with Gasteiger partial charge in [0, 0.05) is 5.69 Å². The van der Waals surface area contributed by atoms with E-state index in [9.17, 15) is 9.59 Å². The first-order valence-corrected chi connectivity index (χ1v) is 7.04. The van der Waals surface area contributed by atoms with Crippen LogP contribution in [0.4, 0.5) is 5.69 Å². The minimum absolute atomic E-state index is 0.0854. The second-order valence-corrected chi connectivity index (χ2v) is 5.22. The zero-order valence-electron chi connectivity index (χ0n) is 13.0. The minimum atomic E-state index is -0.395. The highest BCUT2D eigenvalue weighted by Crippen LogP contribution is 2.14. The third-order valence-corrected chi connectivity index (χ3v) is 3.44. The Kier molecular flexibility index (Phi) is 4.94. The lowest BCUT2D eigenvalue weighted by Crippen LogP contribution is -2.15. The molecule has 0 aliphatic rings. The number of rotatable bonds is 4. The molecule has 22 heavy (non-hydrogen) atoms. The molecule has 114 valence electrons. The summed E-state index contributed by atoms with van der Waals surface area (Å²) in [7, 11) is 1.34. The van der Waals surface area contributed by atoms with Gasteiger partial charge in [-0.05, 0) is 49.2 Å². The molecule has 0 bridgehead atoms. The summed E-state index contributed by atoms with van der Waals surface area (Å²) in [5, 5.41) is 2.83. The lowest BCUT2D eigenvalue weighted by molar-refractivity contribution is -0.115. The summed E-state index contributed by atoms with van der Waals surface area (Å²) in [5.74, 6) is -0.481. The van der Waals surface area contributed by atoms with Gasteiger partial charge in [0.2, 0.25) is 5.91 Å². The SMILES string of the molecule is COC(=O)c1ccc(NC(=O)Cc2ccc(C)cc2C)cc1. The van der Waals surface area contributed by atoms with Crippen molar-refractivity contribution >= 4 is 17.6 Å². The van der Waals surface area contributed by atoms with Crippen molar-refractivity contribution < 1.29 is 14.3 Å². The summed E-state index contributed by atoms with van der Waals surface area (Å²) in [5.41, 5.74) is 4.41. The molecule has 0 aliphatic carbocycles. The minimum Gasteiger partial charge on any atom is -0.465 e. The summed E-state index contributed by atoms with van der Waals surface area (Å²) < 4.78 is 4.63. The van der Waals surface area contributed by atoms with Gasteiger partial charge in [0.15, 0.2) is 0 Å². The van der Waals surface area contributed by atoms with E-state index >= 15 is 0 Å². The van der Waals surface area contributed by atoms with Gasteiger partial charge >= 0.3 is 5.97 Å². The van der Waals surface area contributed by atoms with Gasteiger partial charge in [0.1, 0.15) is 0 Å². The predicted octanol–water partition coefficient (Wildman–Crippen LogP) is 3.27. The number of aryl methyl sites for hydroxylation is 2. The first-order chi connectivity index (χ1) is 10.5. The number of benzene rings is 2. The monoisotopic (exact) mass is 297 g/mol. The summed E-state index contributed by atoms with van der Waals surface area (Å²) in [4.78, 5) is 23.4. The Balaban J connectivity index is 2.01. The summed E-state index contributed by atoms with van der Waals surface area (Å²) in [6.45, 7) is 4.03. The number of ether oxygens (including phenoxy) is 1. The number of hydrogen-bond acceptors (Lipinski definition) is 3. The van der Waals surface area contributed by atoms with Crippen molar-refractivity contribution in [3.63, 3.8) is 0 Å². The van der Waals surface area contributed by atoms with E-state index in [0.29, 0.717) is 17.7 Å². The maximum Gasteiger partial charge on any atom is 0.337 e. The topological polar surface area (TPSA) is 55.4 Å². The highest BCUT2D eigenvalue weighted by molar-refractivity contribution is 5.94. The third-order valence-electron chi connectivity index (χ3n) is 3.44. The fraction of sp³-hybridized carbons (Fsp3) is 0.222. The van der Waals surface area contributed by atoms with Crippen LogP contribution in [0, 0.1) is 13.8 Å². The number of amides is 1. The molecule has 0 saturated heterocycles. The quantitative estimate of drug-likeness (QED) is 0.881. The molecule has 4 heteroatoms. The molecule has 0 atom stereocenters. The largest absolute Gasteiger partial charge is 0.465 e. The molecule has 0 aliphatic heterocycles. The molecule has 1 amide bonds. The Hall–Kier alpha value is -2.62. The Labute approximate surface area is 130 Å². The molecule has 2 aromatic rings. The van der Waals surface area contributed by atoms with Crippen molar-refractivity contribution in [2.24, 2.45) is 0 Å². The number of carbonyl (C=O) groups is 2. The number of methoxy groups -OCH3 is 1. The average molecular weight is 297 g/mol. The van der Waals surface area contributed by atoms with E-state index in [1.807, 2.05) is 26.0 Å². The maximum absolute atomic E-state index is 12.1. The van der Waals surface area contributed by atoms with Gasteiger partial charge in [0.25, 0.3) is 0 Å². The van der Waals surface area contributed by atoms with Crippen LogP contribution in [0.25, 0.3) is 0 Å². The van der Waals surface area contributed by atoms with Gasteiger partial charge in [-0.15, -0.1) is 0 Å². The Morgan fingerprint density at radius 1 is 1.05 bits per heavy atom. The zero-order chi connectivity index (χ0) is 16.1. The third kappa shape index (κ3) is 3.95. The van der Waals surface area contributed by atoms with Gasteiger partial charge in [-0.25, -0.2) is 4.79 Å². The molecule has 0 aromatic heterocycles. The number of carbonyl (C=O) groups excluding carboxylic acids is 2. The van der Waals surface area contributed by atoms with Crippen molar-refractivity contribution in [2.75, 3.05) is 12.4 Å². The number of hydrogen-bond donors (Lipinski definition) is 1. The first-order valence-electron chi connectivity index (χ1n) is 7.04. The van der Waals surface area contributed by atoms with Crippen LogP contribution >= 0.6 is 0 Å². The van der Waals surface area contributed by atoms with Crippen LogP contribution in [0.2, 0.25) is 0 Å². The van der Waals surface area contributed by atoms with Crippen molar-refractivity contribution in [2.45, 2.75) is 20.3 Å². The standard InChI is InChI=1S/C18H19NO3/c1-12-4-5-15(13(2)10-12)11-17(20)19-16-8-6-14(7-9-16)18(21)22-3/h4-10H,11H2,1-3H3,(H,19,20). The molecule has 4 nitrogen and oxygen atoms in total. The molecule has 1 N–H and O–H groups in total. The van der Waals surface area contributed by atoms with Crippen LogP contribution in [-0.2, 0) is 16.0 Å². The van der Waals surface area contributed by atoms with Crippen LogP contribution in [0.1, 0.15) is 27.0 Å². The fourth-order valence-electron chi connectivity index (χ4n) is 2.23. The average Bonchev–Trinajstić information content (AvgIpc) is 2.50. The van der Waals surface area contributed by atoms with E-state index < -0.39 is 5.97 Å². The normalized spacial score (nSPS) is 10.1. The molecular weight excluding hydrogens is 278 g/mol. The molecule has 2 aromatic carbocycles. The van der Waals surface area contributed by atoms with Crippen LogP contribution < -0.4 is 5.32 Å². The smallest absolute Gasteiger partial charge is 0.337 e. The number of esters is 1. The van der Waals surface area contributed by atoms with Crippen LogP contribution in [0.15, 0.2) is 42.5 Å². The van der Waals surface area contributed by atoms with Gasteiger partial charge in [-0.2, -0.15) is 0 Å². The predicted molar refractivity (Wildman–Crippen MR) is 86.0 cm³/mol. The lowest BCUT2D eigenvalue weighted by atomic mass is 10.0. The molecule has 0 radical (unpaired) electrons. The van der Waals surface area contributed by atoms with Crippen LogP contribution in [0.5, 0.6) is 0 Å². The second kappa shape index (κ2) is 6.89. The Morgan fingerprint density at radius 3 is 2.32 bits per heavy atom. The van der Waals surface area contributed by atoms with Crippen LogP contribution in [0.3, 0.4) is 0 Å². The van der Waals surface area contributed by atoms with E-state index in [0.717, 1.165) is 11.1 Å². The highest BCUT2D eigenvalue weighted by Gasteiger charge is 2.08. The highest BCUT2D eigenvalue weighted by atomic mass is 16.5.